The van der Waals surface area contributed by atoms with Crippen molar-refractivity contribution < 1.29 is 0 Å². The average molecular weight is 313 g/mol. The average Bonchev–Trinajstić information content (AvgIpc) is 2.99. The summed E-state index contributed by atoms with van der Waals surface area (Å²) in [7, 11) is 0. The summed E-state index contributed by atoms with van der Waals surface area (Å²) >= 11 is 0. The molecule has 0 amide bonds. The van der Waals surface area contributed by atoms with Crippen LogP contribution < -0.4 is 11.1 Å². The Kier molecular flexibility index (Phi) is 6.97. The van der Waals surface area contributed by atoms with Crippen LogP contribution in [0.4, 0.5) is 0 Å². The quantitative estimate of drug-likeness (QED) is 0.660. The number of nitrogens with one attached hydrogen (secondary N) is 1. The largest absolute Gasteiger partial charge is 0.331 e. The Bertz CT molecular complexity index is 605. The van der Waals surface area contributed by atoms with E-state index in [0.29, 0.717) is 12.6 Å². The molecule has 1 atom stereocenters. The fraction of sp³-hybridized carbons (Fsp3) is 0.444. The maximum Gasteiger partial charge on any atom is 0.110 e. The molecule has 0 saturated heterocycles. The fourth-order valence-corrected chi connectivity index (χ4v) is 2.64. The Balaban J connectivity index is 2.00. The van der Waals surface area contributed by atoms with Crippen molar-refractivity contribution in [2.45, 2.75) is 45.3 Å². The van der Waals surface area contributed by atoms with E-state index in [9.17, 15) is 0 Å². The third-order valence-corrected chi connectivity index (χ3v) is 3.99. The van der Waals surface area contributed by atoms with E-state index in [1.165, 1.54) is 5.56 Å². The zero-order valence-corrected chi connectivity index (χ0v) is 13.9. The van der Waals surface area contributed by atoms with Crippen LogP contribution >= 0.6 is 0 Å². The molecule has 2 aromatic rings. The first-order valence-corrected chi connectivity index (χ1v) is 8.19. The van der Waals surface area contributed by atoms with Crippen LogP contribution in [-0.4, -0.2) is 27.1 Å². The molecular formula is C18H27N5. The highest BCUT2D eigenvalue weighted by atomic mass is 15.1. The van der Waals surface area contributed by atoms with Crippen LogP contribution in [0.25, 0.3) is 0 Å². The molecule has 1 unspecified atom stereocenters. The van der Waals surface area contributed by atoms with Crippen LogP contribution in [0.2, 0.25) is 0 Å². The van der Waals surface area contributed by atoms with Crippen LogP contribution in [0.1, 0.15) is 29.9 Å². The lowest BCUT2D eigenvalue weighted by Gasteiger charge is -2.19. The molecule has 0 radical (unpaired) electrons. The van der Waals surface area contributed by atoms with E-state index < -0.39 is 0 Å². The van der Waals surface area contributed by atoms with Crippen LogP contribution in [0, 0.1) is 6.92 Å². The van der Waals surface area contributed by atoms with E-state index in [2.05, 4.69) is 39.4 Å². The molecule has 23 heavy (non-hydrogen) atoms. The van der Waals surface area contributed by atoms with Gasteiger partial charge in [-0.05, 0) is 37.9 Å². The number of nitrogens with two attached hydrogens (primary N) is 1. The second-order valence-electron chi connectivity index (χ2n) is 5.76. The zero-order valence-electron chi connectivity index (χ0n) is 13.9. The number of pyridine rings is 1. The molecule has 5 nitrogen and oxygen atoms in total. The molecule has 2 rings (SSSR count). The van der Waals surface area contributed by atoms with Crippen LogP contribution in [0.5, 0.6) is 0 Å². The van der Waals surface area contributed by atoms with Gasteiger partial charge < -0.3 is 15.6 Å². The molecule has 5 heteroatoms. The Morgan fingerprint density at radius 3 is 3.00 bits per heavy atom. The van der Waals surface area contributed by atoms with Crippen LogP contribution in [0.3, 0.4) is 0 Å². The molecule has 0 aliphatic carbocycles. The smallest absolute Gasteiger partial charge is 0.110 e. The van der Waals surface area contributed by atoms with Crippen LogP contribution in [0.15, 0.2) is 43.4 Å². The molecular weight excluding hydrogens is 286 g/mol. The third kappa shape index (κ3) is 5.30. The summed E-state index contributed by atoms with van der Waals surface area (Å²) in [5, 5.41) is 3.62. The molecule has 3 N–H and O–H groups in total. The Morgan fingerprint density at radius 1 is 1.39 bits per heavy atom. The fourth-order valence-electron chi connectivity index (χ4n) is 2.64. The Labute approximate surface area is 138 Å². The first-order valence-electron chi connectivity index (χ1n) is 8.19. The Hall–Kier alpha value is -1.98. The van der Waals surface area contributed by atoms with Gasteiger partial charge in [0.05, 0.1) is 5.69 Å². The summed E-state index contributed by atoms with van der Waals surface area (Å²) in [6.07, 6.45) is 10.5. The van der Waals surface area contributed by atoms with E-state index in [-0.39, 0.29) is 0 Å². The van der Waals surface area contributed by atoms with Gasteiger partial charge in [-0.1, -0.05) is 12.1 Å². The lowest BCUT2D eigenvalue weighted by atomic mass is 10.1. The summed E-state index contributed by atoms with van der Waals surface area (Å²) in [6, 6.07) is 4.40. The minimum Gasteiger partial charge on any atom is -0.331 e. The number of aromatic nitrogens is 3. The van der Waals surface area contributed by atoms with Crippen molar-refractivity contribution in [3.63, 3.8) is 0 Å². The number of aryl methyl sites for hydroxylation is 1. The van der Waals surface area contributed by atoms with Gasteiger partial charge in [-0.3, -0.25) is 4.98 Å². The van der Waals surface area contributed by atoms with E-state index >= 15 is 0 Å². The maximum atomic E-state index is 5.68. The summed E-state index contributed by atoms with van der Waals surface area (Å²) in [6.45, 7) is 8.16. The number of nitrogens with zero attached hydrogens (tertiary/aromatic N) is 3. The molecule has 2 heterocycles. The van der Waals surface area contributed by atoms with Crippen molar-refractivity contribution in [3.8, 4) is 0 Å². The third-order valence-electron chi connectivity index (χ3n) is 3.99. The van der Waals surface area contributed by atoms with Gasteiger partial charge in [-0.2, -0.15) is 0 Å². The number of rotatable bonds is 10. The van der Waals surface area contributed by atoms with Crippen molar-refractivity contribution in [1.29, 1.82) is 0 Å². The molecule has 0 aliphatic heterocycles. The van der Waals surface area contributed by atoms with Gasteiger partial charge in [-0.25, -0.2) is 4.98 Å². The second-order valence-corrected chi connectivity index (χ2v) is 5.76. The SMILES string of the molecule is C=CCn1ccnc1CC(CCCN)NCc1ncccc1C. The molecule has 0 aromatic carbocycles. The Morgan fingerprint density at radius 2 is 2.26 bits per heavy atom. The summed E-state index contributed by atoms with van der Waals surface area (Å²) in [5.74, 6) is 1.08. The predicted molar refractivity (Wildman–Crippen MR) is 94.0 cm³/mol. The number of allylic oxidation sites excluding steroid dienone is 1. The van der Waals surface area contributed by atoms with E-state index in [4.69, 9.17) is 5.73 Å². The highest BCUT2D eigenvalue weighted by molar-refractivity contribution is 5.17. The van der Waals surface area contributed by atoms with Crippen molar-refractivity contribution in [3.05, 3.63) is 60.5 Å². The summed E-state index contributed by atoms with van der Waals surface area (Å²) < 4.78 is 2.14. The molecule has 0 saturated carbocycles. The molecule has 2 aromatic heterocycles. The summed E-state index contributed by atoms with van der Waals surface area (Å²) in [4.78, 5) is 8.94. The standard InChI is InChI=1S/C18H27N5/c1-3-11-23-12-10-21-18(23)13-16(7-4-8-19)22-14-17-15(2)6-5-9-20-17/h3,5-6,9-10,12,16,22H,1,4,7-8,11,13-14,19H2,2H3. The lowest BCUT2D eigenvalue weighted by Crippen LogP contribution is -2.33. The van der Waals surface area contributed by atoms with Gasteiger partial charge in [0.1, 0.15) is 5.82 Å². The van der Waals surface area contributed by atoms with E-state index in [0.717, 1.165) is 43.9 Å². The summed E-state index contributed by atoms with van der Waals surface area (Å²) in [5.41, 5.74) is 8.00. The normalized spacial score (nSPS) is 12.3. The second kappa shape index (κ2) is 9.22. The van der Waals surface area contributed by atoms with Gasteiger partial charge in [0.2, 0.25) is 0 Å². The molecule has 0 aliphatic rings. The highest BCUT2D eigenvalue weighted by Gasteiger charge is 2.13. The minimum atomic E-state index is 0.339. The molecule has 0 bridgehead atoms. The maximum absolute atomic E-state index is 5.68. The topological polar surface area (TPSA) is 68.8 Å². The number of hydrogen-bond donors (Lipinski definition) is 2. The van der Waals surface area contributed by atoms with Gasteiger partial charge in [0, 0.05) is 44.1 Å². The van der Waals surface area contributed by atoms with Crippen LogP contribution in [-0.2, 0) is 19.5 Å². The predicted octanol–water partition coefficient (Wildman–Crippen LogP) is 2.21. The first-order chi connectivity index (χ1) is 11.2. The molecule has 0 spiro atoms. The van der Waals surface area contributed by atoms with Crippen molar-refractivity contribution >= 4 is 0 Å². The molecule has 0 fully saturated rings. The number of imidazole rings is 1. The molecule has 124 valence electrons. The van der Waals surface area contributed by atoms with Gasteiger partial charge in [0.15, 0.2) is 0 Å². The van der Waals surface area contributed by atoms with Gasteiger partial charge >= 0.3 is 0 Å². The van der Waals surface area contributed by atoms with Gasteiger partial charge in [-0.15, -0.1) is 6.58 Å². The van der Waals surface area contributed by atoms with Gasteiger partial charge in [0.25, 0.3) is 0 Å². The van der Waals surface area contributed by atoms with E-state index in [1.54, 1.807) is 0 Å². The van der Waals surface area contributed by atoms with E-state index in [1.807, 2.05) is 30.7 Å². The highest BCUT2D eigenvalue weighted by Crippen LogP contribution is 2.09. The first kappa shape index (κ1) is 17.4. The van der Waals surface area contributed by atoms with Crippen molar-refractivity contribution in [2.75, 3.05) is 6.54 Å². The van der Waals surface area contributed by atoms with Crippen molar-refractivity contribution in [2.24, 2.45) is 5.73 Å². The number of hydrogen-bond acceptors (Lipinski definition) is 4. The monoisotopic (exact) mass is 313 g/mol. The zero-order chi connectivity index (χ0) is 16.5. The lowest BCUT2D eigenvalue weighted by molar-refractivity contribution is 0.449. The minimum absolute atomic E-state index is 0.339. The van der Waals surface area contributed by atoms with Crippen molar-refractivity contribution in [1.82, 2.24) is 19.9 Å².